The lowest BCUT2D eigenvalue weighted by Gasteiger charge is -2.37. The van der Waals surface area contributed by atoms with Gasteiger partial charge in [0.2, 0.25) is 0 Å². The predicted octanol–water partition coefficient (Wildman–Crippen LogP) is 5.32. The van der Waals surface area contributed by atoms with Crippen LogP contribution in [0.5, 0.6) is 0 Å². The molecule has 0 aromatic heterocycles. The molecule has 0 aromatic rings. The summed E-state index contributed by atoms with van der Waals surface area (Å²) in [4.78, 5) is 0. The Kier molecular flexibility index (Phi) is 37.7. The molecule has 0 heterocycles. The van der Waals surface area contributed by atoms with Gasteiger partial charge in [0, 0.05) is 13.0 Å². The van der Waals surface area contributed by atoms with Gasteiger partial charge in [-0.15, -0.1) is 0 Å². The molecule has 0 amide bonds. The van der Waals surface area contributed by atoms with E-state index < -0.39 is 24.4 Å². The van der Waals surface area contributed by atoms with Crippen LogP contribution in [-0.2, 0) is 23.7 Å². The third-order valence-corrected chi connectivity index (χ3v) is 5.00. The number of hydrogen-bond acceptors (Lipinski definition) is 11. The molecule has 0 spiro atoms. The number of ether oxygens (including phenoxy) is 5. The van der Waals surface area contributed by atoms with Crippen LogP contribution < -0.4 is 5.73 Å². The first kappa shape index (κ1) is 43.7. The van der Waals surface area contributed by atoms with E-state index >= 15 is 0 Å². The van der Waals surface area contributed by atoms with Gasteiger partial charge in [0.25, 0.3) is 0 Å². The van der Waals surface area contributed by atoms with Crippen molar-refractivity contribution in [3.63, 3.8) is 0 Å². The highest BCUT2D eigenvalue weighted by atomic mass is 16.6. The maximum Gasteiger partial charge on any atom is 0.115 e. The summed E-state index contributed by atoms with van der Waals surface area (Å²) in [6, 6.07) is 10.3. The fourth-order valence-corrected chi connectivity index (χ4v) is 3.34. The molecule has 3 unspecified atom stereocenters. The lowest BCUT2D eigenvalue weighted by Crippen LogP contribution is -2.51. The first-order valence-electron chi connectivity index (χ1n) is 15.0. The second kappa shape index (κ2) is 36.2. The molecule has 42 heavy (non-hydrogen) atoms. The number of nitrogens with zero attached hydrogens (tertiary/aromatic N) is 5. The van der Waals surface area contributed by atoms with Crippen LogP contribution in [0.4, 0.5) is 0 Å². The van der Waals surface area contributed by atoms with Crippen molar-refractivity contribution >= 4 is 0 Å². The number of nitriles is 5. The predicted molar refractivity (Wildman–Crippen MR) is 160 cm³/mol. The van der Waals surface area contributed by atoms with Gasteiger partial charge in [-0.05, 0) is 38.1 Å². The maximum atomic E-state index is 9.04. The second-order valence-electron chi connectivity index (χ2n) is 9.47. The topological polar surface area (TPSA) is 191 Å². The number of unbranched alkanes of at least 4 members (excludes halogenated alkanes) is 2. The van der Waals surface area contributed by atoms with E-state index in [1.54, 1.807) is 0 Å². The van der Waals surface area contributed by atoms with Gasteiger partial charge in [0.15, 0.2) is 0 Å². The molecule has 0 aliphatic rings. The van der Waals surface area contributed by atoms with E-state index in [1.165, 1.54) is 0 Å². The molecular weight excluding hydrogens is 536 g/mol. The lowest BCUT2D eigenvalue weighted by molar-refractivity contribution is -0.188. The van der Waals surface area contributed by atoms with Crippen LogP contribution in [0.25, 0.3) is 0 Å². The van der Waals surface area contributed by atoms with Crippen molar-refractivity contribution < 1.29 is 23.7 Å². The summed E-state index contributed by atoms with van der Waals surface area (Å²) in [5.74, 6) is 0.833. The van der Waals surface area contributed by atoms with Crippen LogP contribution >= 0.6 is 0 Å². The minimum absolute atomic E-state index is 0.111. The Labute approximate surface area is 255 Å². The Bertz CT molecular complexity index is 791. The molecule has 238 valence electrons. The normalized spacial score (nSPS) is 12.8. The molecule has 11 nitrogen and oxygen atoms in total. The Balaban J connectivity index is -0.00000232. The van der Waals surface area contributed by atoms with E-state index in [9.17, 15) is 0 Å². The number of rotatable bonds is 24. The lowest BCUT2D eigenvalue weighted by atomic mass is 9.97. The fraction of sp³-hybridized carbons (Fsp3) is 0.839. The summed E-state index contributed by atoms with van der Waals surface area (Å²) in [6.07, 6.45) is 0.969. The van der Waals surface area contributed by atoms with Crippen LogP contribution in [-0.4, -0.2) is 70.6 Å². The summed E-state index contributed by atoms with van der Waals surface area (Å²) in [6.45, 7) is 12.1. The zero-order valence-electron chi connectivity index (χ0n) is 26.6. The highest BCUT2D eigenvalue weighted by Crippen LogP contribution is 2.23. The van der Waals surface area contributed by atoms with E-state index in [1.807, 2.05) is 26.0 Å². The molecule has 0 aliphatic carbocycles. The molecule has 0 rings (SSSR count). The Morgan fingerprint density at radius 2 is 0.952 bits per heavy atom. The van der Waals surface area contributed by atoms with Gasteiger partial charge < -0.3 is 29.4 Å². The van der Waals surface area contributed by atoms with Crippen molar-refractivity contribution in [2.75, 3.05) is 46.2 Å². The molecule has 4 atom stereocenters. The quantitative estimate of drug-likeness (QED) is 0.143. The average molecular weight is 591 g/mol. The van der Waals surface area contributed by atoms with E-state index in [0.717, 1.165) is 5.92 Å². The fourth-order valence-electron chi connectivity index (χ4n) is 3.34. The molecule has 2 N–H and O–H groups in total. The molecule has 0 radical (unpaired) electrons. The van der Waals surface area contributed by atoms with E-state index in [0.29, 0.717) is 45.3 Å². The Morgan fingerprint density at radius 3 is 1.38 bits per heavy atom. The van der Waals surface area contributed by atoms with Crippen molar-refractivity contribution in [1.29, 1.82) is 26.3 Å². The zero-order chi connectivity index (χ0) is 32.3. The van der Waals surface area contributed by atoms with Crippen molar-refractivity contribution in [2.24, 2.45) is 11.7 Å². The summed E-state index contributed by atoms with van der Waals surface area (Å²) in [5.41, 5.74) is 5.56. The van der Waals surface area contributed by atoms with Gasteiger partial charge in [0.1, 0.15) is 18.3 Å². The van der Waals surface area contributed by atoms with Crippen molar-refractivity contribution in [1.82, 2.24) is 0 Å². The minimum atomic E-state index is -0.739. The van der Waals surface area contributed by atoms with Crippen LogP contribution in [0, 0.1) is 62.6 Å². The molecule has 0 aromatic carbocycles. The molecular formula is C31H54N6O5. The van der Waals surface area contributed by atoms with Crippen LogP contribution in [0.3, 0.4) is 0 Å². The van der Waals surface area contributed by atoms with E-state index in [-0.39, 0.29) is 58.7 Å². The minimum Gasteiger partial charge on any atom is -0.379 e. The first-order valence-corrected chi connectivity index (χ1v) is 15.0. The summed E-state index contributed by atoms with van der Waals surface area (Å²) in [5, 5.41) is 44.9. The molecule has 0 bridgehead atoms. The average Bonchev–Trinajstić information content (AvgIpc) is 2.98. The first-order chi connectivity index (χ1) is 20.4. The van der Waals surface area contributed by atoms with Crippen LogP contribution in [0.2, 0.25) is 0 Å². The second-order valence-corrected chi connectivity index (χ2v) is 9.47. The van der Waals surface area contributed by atoms with E-state index in [2.05, 4.69) is 39.0 Å². The summed E-state index contributed by atoms with van der Waals surface area (Å²) < 4.78 is 30.0. The number of hydrogen-bond donors (Lipinski definition) is 1. The molecule has 0 aliphatic heterocycles. The van der Waals surface area contributed by atoms with E-state index in [4.69, 9.17) is 55.7 Å². The third kappa shape index (κ3) is 28.7. The van der Waals surface area contributed by atoms with Crippen molar-refractivity contribution in [2.45, 2.75) is 117 Å². The highest BCUT2D eigenvalue weighted by Gasteiger charge is 2.38. The Hall–Kier alpha value is -2.79. The van der Waals surface area contributed by atoms with Crippen molar-refractivity contribution in [3.05, 3.63) is 0 Å². The van der Waals surface area contributed by atoms with Crippen molar-refractivity contribution in [3.8, 4) is 30.3 Å². The van der Waals surface area contributed by atoms with Crippen LogP contribution in [0.15, 0.2) is 0 Å². The largest absolute Gasteiger partial charge is 0.379 e. The monoisotopic (exact) mass is 590 g/mol. The van der Waals surface area contributed by atoms with Crippen LogP contribution in [0.1, 0.15) is 92.4 Å². The zero-order valence-corrected chi connectivity index (χ0v) is 26.6. The molecule has 0 fully saturated rings. The third-order valence-electron chi connectivity index (χ3n) is 5.00. The maximum absolute atomic E-state index is 9.04. The van der Waals surface area contributed by atoms with Gasteiger partial charge in [-0.1, -0.05) is 34.6 Å². The summed E-state index contributed by atoms with van der Waals surface area (Å²) in [7, 11) is 0. The van der Waals surface area contributed by atoms with Gasteiger partial charge in [-0.3, -0.25) is 0 Å². The molecule has 11 heteroatoms. The number of nitrogens with two attached hydrogens (primary N) is 1. The molecule has 0 saturated heterocycles. The van der Waals surface area contributed by atoms with Gasteiger partial charge in [-0.2, -0.15) is 26.3 Å². The van der Waals surface area contributed by atoms with Gasteiger partial charge in [-0.25, -0.2) is 0 Å². The van der Waals surface area contributed by atoms with Gasteiger partial charge >= 0.3 is 0 Å². The standard InChI is InChI=1S/C25H38N6O5.C4H10.C2H6/c26-10-3-1-2-9-22(33-17-5-12-28)24(35-19-7-14-30)25(36-20-8-15-31)23(34-18-6-13-29)21-32-16-4-11-27;1-4(2)3;1-2/h22-25H,1-9,11,16-21,27H2;4H,1-3H3;1-2H3/t22?,23-,24?,25?;;/m1../s1. The SMILES string of the molecule is CC.CC(C)C.N#CCCCCC(OCCC#N)C(OCCC#N)C(OCCC#N)[C@@H](COCCCN)OCCC#N. The van der Waals surface area contributed by atoms with Gasteiger partial charge in [0.05, 0.1) is 95.2 Å². The summed E-state index contributed by atoms with van der Waals surface area (Å²) >= 11 is 0. The Morgan fingerprint density at radius 1 is 0.548 bits per heavy atom. The molecule has 0 saturated carbocycles. The highest BCUT2D eigenvalue weighted by molar-refractivity contribution is 4.88. The smallest absolute Gasteiger partial charge is 0.115 e.